The second-order valence-electron chi connectivity index (χ2n) is 6.34. The average molecular weight is 347 g/mol. The molecule has 3 rings (SSSR count). The largest absolute Gasteiger partial charge is 0.433 e. The summed E-state index contributed by atoms with van der Waals surface area (Å²) in [5.41, 5.74) is -1.07. The first-order chi connectivity index (χ1) is 11.4. The highest BCUT2D eigenvalue weighted by Gasteiger charge is 2.43. The number of alkyl halides is 3. The Balaban J connectivity index is 1.66. The molecule has 3 N–H and O–H groups in total. The highest BCUT2D eigenvalue weighted by atomic mass is 19.4. The lowest BCUT2D eigenvalue weighted by Crippen LogP contribution is -2.57. The fraction of sp³-hybridized carbons (Fsp3) is 0.733. The Morgan fingerprint density at radius 3 is 2.54 bits per heavy atom. The number of rotatable bonds is 3. The number of nitrogens with zero attached hydrogens (tertiary/aromatic N) is 2. The molecule has 134 valence electrons. The molecule has 6 nitrogen and oxygen atoms in total. The van der Waals surface area contributed by atoms with E-state index in [0.29, 0.717) is 0 Å². The topological polar surface area (TPSA) is 87.5 Å². The molecule has 1 aromatic rings. The van der Waals surface area contributed by atoms with Gasteiger partial charge in [0.1, 0.15) is 17.9 Å². The first-order valence-electron chi connectivity index (χ1n) is 8.01. The van der Waals surface area contributed by atoms with Crippen LogP contribution in [0.2, 0.25) is 0 Å². The lowest BCUT2D eigenvalue weighted by atomic mass is 9.88. The van der Waals surface area contributed by atoms with Crippen LogP contribution in [-0.4, -0.2) is 51.1 Å². The van der Waals surface area contributed by atoms with Crippen molar-refractivity contribution in [2.24, 2.45) is 5.92 Å². The van der Waals surface area contributed by atoms with E-state index in [4.69, 9.17) is 4.74 Å². The first-order valence-corrected chi connectivity index (χ1v) is 8.01. The summed E-state index contributed by atoms with van der Waals surface area (Å²) in [6.45, 7) is 0.0685. The summed E-state index contributed by atoms with van der Waals surface area (Å²) in [5.74, 6) is -0.0515. The van der Waals surface area contributed by atoms with E-state index in [-0.39, 0.29) is 18.5 Å². The number of hydrogen-bond donors (Lipinski definition) is 3. The monoisotopic (exact) mass is 347 g/mol. The predicted octanol–water partition coefficient (Wildman–Crippen LogP) is 1.59. The predicted molar refractivity (Wildman–Crippen MR) is 78.2 cm³/mol. The van der Waals surface area contributed by atoms with Crippen LogP contribution >= 0.6 is 0 Å². The van der Waals surface area contributed by atoms with Crippen LogP contribution in [0, 0.1) is 5.92 Å². The van der Waals surface area contributed by atoms with Gasteiger partial charge in [-0.2, -0.15) is 13.2 Å². The molecule has 2 fully saturated rings. The zero-order valence-electron chi connectivity index (χ0n) is 12.9. The highest BCUT2D eigenvalue weighted by molar-refractivity contribution is 5.29. The Morgan fingerprint density at radius 2 is 1.88 bits per heavy atom. The quantitative estimate of drug-likeness (QED) is 0.770. The van der Waals surface area contributed by atoms with Crippen molar-refractivity contribution >= 4 is 5.95 Å². The van der Waals surface area contributed by atoms with Crippen LogP contribution in [-0.2, 0) is 10.9 Å². The molecule has 0 amide bonds. The van der Waals surface area contributed by atoms with Gasteiger partial charge in [-0.05, 0) is 24.8 Å². The number of aromatic nitrogens is 2. The van der Waals surface area contributed by atoms with Gasteiger partial charge in [0.15, 0.2) is 0 Å². The zero-order valence-corrected chi connectivity index (χ0v) is 12.9. The summed E-state index contributed by atoms with van der Waals surface area (Å²) in [4.78, 5) is 7.13. The van der Waals surface area contributed by atoms with Crippen LogP contribution in [0.5, 0.6) is 0 Å². The van der Waals surface area contributed by atoms with Gasteiger partial charge in [0, 0.05) is 6.20 Å². The molecule has 9 heteroatoms. The van der Waals surface area contributed by atoms with E-state index in [9.17, 15) is 23.4 Å². The van der Waals surface area contributed by atoms with Crippen molar-refractivity contribution in [3.63, 3.8) is 0 Å². The molecule has 0 bridgehead atoms. The third-order valence-electron chi connectivity index (χ3n) is 4.69. The Hall–Kier alpha value is -1.45. The Morgan fingerprint density at radius 1 is 1.17 bits per heavy atom. The summed E-state index contributed by atoms with van der Waals surface area (Å²) in [6, 6.07) is -0.00892. The van der Waals surface area contributed by atoms with Gasteiger partial charge in [-0.25, -0.2) is 9.97 Å². The van der Waals surface area contributed by atoms with Gasteiger partial charge in [0.2, 0.25) is 5.95 Å². The van der Waals surface area contributed by atoms with Crippen molar-refractivity contribution in [3.8, 4) is 0 Å². The summed E-state index contributed by atoms with van der Waals surface area (Å²) in [7, 11) is 0. The minimum atomic E-state index is -4.58. The van der Waals surface area contributed by atoms with Crippen molar-refractivity contribution < 1.29 is 28.1 Å². The van der Waals surface area contributed by atoms with Crippen LogP contribution in [0.1, 0.15) is 31.4 Å². The Kier molecular flexibility index (Phi) is 4.93. The maximum atomic E-state index is 12.7. The molecular formula is C15H20F3N3O3. The molecule has 0 aromatic carbocycles. The molecular weight excluding hydrogens is 327 g/mol. The number of aliphatic hydroxyl groups is 2. The van der Waals surface area contributed by atoms with Gasteiger partial charge < -0.3 is 20.3 Å². The molecule has 0 unspecified atom stereocenters. The zero-order chi connectivity index (χ0) is 17.3. The molecule has 1 saturated carbocycles. The van der Waals surface area contributed by atoms with Gasteiger partial charge in [-0.1, -0.05) is 12.8 Å². The van der Waals surface area contributed by atoms with Crippen molar-refractivity contribution in [1.29, 1.82) is 0 Å². The van der Waals surface area contributed by atoms with Crippen molar-refractivity contribution in [3.05, 3.63) is 18.0 Å². The van der Waals surface area contributed by atoms with Gasteiger partial charge in [0.05, 0.1) is 18.8 Å². The minimum Gasteiger partial charge on any atom is -0.388 e. The van der Waals surface area contributed by atoms with Gasteiger partial charge in [-0.3, -0.25) is 0 Å². The minimum absolute atomic E-state index is 0.0685. The van der Waals surface area contributed by atoms with Crippen LogP contribution in [0.4, 0.5) is 19.1 Å². The fourth-order valence-corrected chi connectivity index (χ4v) is 3.42. The molecule has 1 aliphatic carbocycles. The number of anilines is 1. The third kappa shape index (κ3) is 3.62. The summed E-state index contributed by atoms with van der Waals surface area (Å²) in [6.07, 6.45) is -2.23. The normalized spacial score (nSPS) is 32.0. The van der Waals surface area contributed by atoms with Crippen LogP contribution in [0.3, 0.4) is 0 Å². The number of ether oxygens (including phenoxy) is 1. The summed E-state index contributed by atoms with van der Waals surface area (Å²) < 4.78 is 43.7. The average Bonchev–Trinajstić information content (AvgIpc) is 3.06. The summed E-state index contributed by atoms with van der Waals surface area (Å²) in [5, 5.41) is 23.2. The van der Waals surface area contributed by atoms with Crippen molar-refractivity contribution in [1.82, 2.24) is 9.97 Å². The lowest BCUT2D eigenvalue weighted by molar-refractivity contribution is -0.158. The first kappa shape index (κ1) is 17.4. The molecule has 1 saturated heterocycles. The van der Waals surface area contributed by atoms with E-state index in [0.717, 1.165) is 37.9 Å². The Labute approximate surface area is 137 Å². The van der Waals surface area contributed by atoms with Crippen LogP contribution in [0.25, 0.3) is 0 Å². The molecule has 0 spiro atoms. The highest BCUT2D eigenvalue weighted by Crippen LogP contribution is 2.34. The van der Waals surface area contributed by atoms with Crippen LogP contribution in [0.15, 0.2) is 12.3 Å². The van der Waals surface area contributed by atoms with E-state index in [1.54, 1.807) is 0 Å². The SMILES string of the molecule is O[C@@H]1[C@H](O)[C@@H](Nc2nccc(C(F)(F)F)n2)CO[C@@H]1C1CCCC1. The molecule has 2 aliphatic rings. The smallest absolute Gasteiger partial charge is 0.388 e. The van der Waals surface area contributed by atoms with E-state index in [1.165, 1.54) is 0 Å². The van der Waals surface area contributed by atoms with Crippen LogP contribution < -0.4 is 5.32 Å². The van der Waals surface area contributed by atoms with Gasteiger partial charge in [0.25, 0.3) is 0 Å². The molecule has 2 heterocycles. The molecule has 24 heavy (non-hydrogen) atoms. The molecule has 1 aromatic heterocycles. The molecule has 0 radical (unpaired) electrons. The number of nitrogens with one attached hydrogen (secondary N) is 1. The Bertz CT molecular complexity index is 566. The standard InChI is InChI=1S/C15H20F3N3O3/c16-15(17,18)10-5-6-19-14(21-10)20-9-7-24-13(12(23)11(9)22)8-3-1-2-4-8/h5-6,8-9,11-13,22-23H,1-4,7H2,(H,19,20,21)/t9-,11+,12+,13+/m0/s1. The second-order valence-corrected chi connectivity index (χ2v) is 6.34. The van der Waals surface area contributed by atoms with Crippen molar-refractivity contribution in [2.45, 2.75) is 56.2 Å². The maximum Gasteiger partial charge on any atom is 0.433 e. The fourth-order valence-electron chi connectivity index (χ4n) is 3.42. The third-order valence-corrected chi connectivity index (χ3v) is 4.69. The van der Waals surface area contributed by atoms with E-state index < -0.39 is 36.2 Å². The summed E-state index contributed by atoms with van der Waals surface area (Å²) >= 11 is 0. The van der Waals surface area contributed by atoms with E-state index in [1.807, 2.05) is 0 Å². The number of halogens is 3. The van der Waals surface area contributed by atoms with Crippen molar-refractivity contribution in [2.75, 3.05) is 11.9 Å². The van der Waals surface area contributed by atoms with E-state index >= 15 is 0 Å². The number of aliphatic hydroxyl groups excluding tert-OH is 2. The van der Waals surface area contributed by atoms with E-state index in [2.05, 4.69) is 15.3 Å². The van der Waals surface area contributed by atoms with Gasteiger partial charge in [-0.15, -0.1) is 0 Å². The second kappa shape index (κ2) is 6.81. The maximum absolute atomic E-state index is 12.7. The van der Waals surface area contributed by atoms with Gasteiger partial charge >= 0.3 is 6.18 Å². The molecule has 1 aliphatic heterocycles. The lowest BCUT2D eigenvalue weighted by Gasteiger charge is -2.40. The molecule has 4 atom stereocenters. The number of hydrogen-bond acceptors (Lipinski definition) is 6.